The molecular formula is C14H8ClF3O. The van der Waals surface area contributed by atoms with Crippen molar-refractivity contribution in [3.63, 3.8) is 0 Å². The van der Waals surface area contributed by atoms with E-state index < -0.39 is 35.2 Å². The Bertz CT molecular complexity index is 620. The third kappa shape index (κ3) is 2.79. The van der Waals surface area contributed by atoms with Crippen LogP contribution in [0.2, 0.25) is 5.02 Å². The van der Waals surface area contributed by atoms with Gasteiger partial charge in [-0.1, -0.05) is 29.8 Å². The molecule has 0 aromatic heterocycles. The fraction of sp³-hybridized carbons (Fsp3) is 0.0714. The number of rotatable bonds is 3. The molecule has 0 aliphatic carbocycles. The van der Waals surface area contributed by atoms with Gasteiger partial charge in [-0.15, -0.1) is 0 Å². The van der Waals surface area contributed by atoms with Crippen molar-refractivity contribution in [3.05, 3.63) is 70.0 Å². The van der Waals surface area contributed by atoms with Crippen LogP contribution in [0.1, 0.15) is 15.9 Å². The molecule has 0 N–H and O–H groups in total. The molecule has 98 valence electrons. The van der Waals surface area contributed by atoms with Gasteiger partial charge < -0.3 is 0 Å². The third-order valence-electron chi connectivity index (χ3n) is 2.62. The molecule has 2 rings (SSSR count). The monoisotopic (exact) mass is 284 g/mol. The van der Waals surface area contributed by atoms with Gasteiger partial charge in [0.1, 0.15) is 17.5 Å². The highest BCUT2D eigenvalue weighted by molar-refractivity contribution is 6.30. The van der Waals surface area contributed by atoms with Crippen LogP contribution in [0, 0.1) is 17.5 Å². The lowest BCUT2D eigenvalue weighted by Crippen LogP contribution is -2.10. The fourth-order valence-electron chi connectivity index (χ4n) is 1.71. The van der Waals surface area contributed by atoms with E-state index in [1.165, 1.54) is 18.2 Å². The van der Waals surface area contributed by atoms with Crippen molar-refractivity contribution in [1.82, 2.24) is 0 Å². The Labute approximate surface area is 112 Å². The Hall–Kier alpha value is -1.81. The molecule has 2 aromatic rings. The Balaban J connectivity index is 2.34. The molecule has 0 saturated heterocycles. The summed E-state index contributed by atoms with van der Waals surface area (Å²) >= 11 is 5.57. The number of Topliss-reactive ketones (excluding diaryl/α,β-unsaturated/α-hetero) is 1. The van der Waals surface area contributed by atoms with Crippen LogP contribution in [-0.2, 0) is 6.42 Å². The highest BCUT2D eigenvalue weighted by atomic mass is 35.5. The molecule has 0 aliphatic rings. The third-order valence-corrected chi connectivity index (χ3v) is 2.92. The molecule has 2 aromatic carbocycles. The van der Waals surface area contributed by atoms with E-state index in [0.717, 1.165) is 18.2 Å². The number of carbonyl (C=O) groups is 1. The molecule has 1 nitrogen and oxygen atoms in total. The van der Waals surface area contributed by atoms with E-state index in [2.05, 4.69) is 0 Å². The number of hydrogen-bond acceptors (Lipinski definition) is 1. The van der Waals surface area contributed by atoms with Gasteiger partial charge in [-0.2, -0.15) is 0 Å². The molecule has 0 radical (unpaired) electrons. The minimum Gasteiger partial charge on any atom is -0.294 e. The van der Waals surface area contributed by atoms with Gasteiger partial charge in [-0.25, -0.2) is 13.2 Å². The molecule has 0 amide bonds. The minimum atomic E-state index is -0.965. The Kier molecular flexibility index (Phi) is 3.90. The molecule has 0 unspecified atom stereocenters. The molecule has 0 spiro atoms. The molecule has 0 fully saturated rings. The zero-order valence-electron chi connectivity index (χ0n) is 9.59. The maximum absolute atomic E-state index is 13.6. The van der Waals surface area contributed by atoms with Gasteiger partial charge in [0.05, 0.1) is 10.6 Å². The topological polar surface area (TPSA) is 17.1 Å². The summed E-state index contributed by atoms with van der Waals surface area (Å²) in [6.07, 6.45) is -0.454. The first kappa shape index (κ1) is 13.6. The van der Waals surface area contributed by atoms with Crippen molar-refractivity contribution in [2.24, 2.45) is 0 Å². The Morgan fingerprint density at radius 2 is 1.58 bits per heavy atom. The predicted octanol–water partition coefficient (Wildman–Crippen LogP) is 4.18. The highest BCUT2D eigenvalue weighted by Gasteiger charge is 2.19. The predicted molar refractivity (Wildman–Crippen MR) is 65.8 cm³/mol. The summed E-state index contributed by atoms with van der Waals surface area (Å²) in [5.41, 5.74) is -0.665. The van der Waals surface area contributed by atoms with E-state index in [0.29, 0.717) is 0 Å². The summed E-state index contributed by atoms with van der Waals surface area (Å²) in [4.78, 5) is 11.8. The minimum absolute atomic E-state index is 0.000142. The van der Waals surface area contributed by atoms with Crippen LogP contribution in [0.25, 0.3) is 0 Å². The maximum atomic E-state index is 13.6. The average molecular weight is 285 g/mol. The number of carbonyl (C=O) groups excluding carboxylic acids is 1. The normalized spacial score (nSPS) is 10.5. The van der Waals surface area contributed by atoms with Crippen molar-refractivity contribution in [2.45, 2.75) is 6.42 Å². The van der Waals surface area contributed by atoms with Crippen molar-refractivity contribution >= 4 is 17.4 Å². The summed E-state index contributed by atoms with van der Waals surface area (Å²) in [5, 5.41) is -0.140. The SMILES string of the molecule is O=C(Cc1cccc(Cl)c1F)c1c(F)cccc1F. The highest BCUT2D eigenvalue weighted by Crippen LogP contribution is 2.21. The van der Waals surface area contributed by atoms with Crippen LogP contribution < -0.4 is 0 Å². The molecule has 0 atom stereocenters. The summed E-state index contributed by atoms with van der Waals surface area (Å²) < 4.78 is 40.4. The molecule has 19 heavy (non-hydrogen) atoms. The molecule has 0 bridgehead atoms. The van der Waals surface area contributed by atoms with E-state index in [-0.39, 0.29) is 10.6 Å². The number of hydrogen-bond donors (Lipinski definition) is 0. The van der Waals surface area contributed by atoms with Crippen LogP contribution in [0.4, 0.5) is 13.2 Å². The molecule has 0 aliphatic heterocycles. The molecular weight excluding hydrogens is 277 g/mol. The van der Waals surface area contributed by atoms with Gasteiger partial charge >= 0.3 is 0 Å². The van der Waals surface area contributed by atoms with Crippen LogP contribution in [-0.4, -0.2) is 5.78 Å². The van der Waals surface area contributed by atoms with E-state index in [1.54, 1.807) is 0 Å². The maximum Gasteiger partial charge on any atom is 0.173 e. The first-order valence-corrected chi connectivity index (χ1v) is 5.78. The van der Waals surface area contributed by atoms with Crippen LogP contribution in [0.15, 0.2) is 36.4 Å². The number of benzene rings is 2. The number of ketones is 1. The van der Waals surface area contributed by atoms with Crippen molar-refractivity contribution in [3.8, 4) is 0 Å². The quantitative estimate of drug-likeness (QED) is 0.773. The van der Waals surface area contributed by atoms with E-state index in [1.807, 2.05) is 0 Å². The summed E-state index contributed by atoms with van der Waals surface area (Å²) in [6, 6.07) is 7.24. The van der Waals surface area contributed by atoms with E-state index in [9.17, 15) is 18.0 Å². The lowest BCUT2D eigenvalue weighted by atomic mass is 10.0. The van der Waals surface area contributed by atoms with Gasteiger partial charge in [-0.05, 0) is 23.8 Å². The average Bonchev–Trinajstić information content (AvgIpc) is 2.35. The van der Waals surface area contributed by atoms with Crippen LogP contribution in [0.3, 0.4) is 0 Å². The van der Waals surface area contributed by atoms with Gasteiger partial charge in [0.15, 0.2) is 5.78 Å². The first-order valence-electron chi connectivity index (χ1n) is 5.41. The van der Waals surface area contributed by atoms with Gasteiger partial charge in [-0.3, -0.25) is 4.79 Å². The summed E-state index contributed by atoms with van der Waals surface area (Å²) in [5.74, 6) is -3.52. The van der Waals surface area contributed by atoms with E-state index in [4.69, 9.17) is 11.6 Å². The smallest absolute Gasteiger partial charge is 0.173 e. The molecule has 5 heteroatoms. The Morgan fingerprint density at radius 1 is 1.00 bits per heavy atom. The zero-order chi connectivity index (χ0) is 14.0. The first-order chi connectivity index (χ1) is 9.00. The summed E-state index contributed by atoms with van der Waals surface area (Å²) in [6.45, 7) is 0. The number of halogens is 4. The molecule has 0 saturated carbocycles. The van der Waals surface area contributed by atoms with Gasteiger partial charge in [0.25, 0.3) is 0 Å². The molecule has 0 heterocycles. The second kappa shape index (κ2) is 5.45. The summed E-state index contributed by atoms with van der Waals surface area (Å²) in [7, 11) is 0. The van der Waals surface area contributed by atoms with Crippen molar-refractivity contribution < 1.29 is 18.0 Å². The van der Waals surface area contributed by atoms with Gasteiger partial charge in [0, 0.05) is 6.42 Å². The van der Waals surface area contributed by atoms with E-state index >= 15 is 0 Å². The van der Waals surface area contributed by atoms with Gasteiger partial charge in [0.2, 0.25) is 0 Å². The second-order valence-corrected chi connectivity index (χ2v) is 4.32. The van der Waals surface area contributed by atoms with Crippen molar-refractivity contribution in [1.29, 1.82) is 0 Å². The zero-order valence-corrected chi connectivity index (χ0v) is 10.3. The fourth-order valence-corrected chi connectivity index (χ4v) is 1.90. The second-order valence-electron chi connectivity index (χ2n) is 3.91. The lowest BCUT2D eigenvalue weighted by molar-refractivity contribution is 0.0983. The van der Waals surface area contributed by atoms with Crippen molar-refractivity contribution in [2.75, 3.05) is 0 Å². The largest absolute Gasteiger partial charge is 0.294 e. The lowest BCUT2D eigenvalue weighted by Gasteiger charge is -2.06. The Morgan fingerprint density at radius 3 is 2.21 bits per heavy atom. The van der Waals surface area contributed by atoms with Crippen LogP contribution in [0.5, 0.6) is 0 Å². The standard InChI is InChI=1S/C14H8ClF3O/c15-9-4-1-3-8(14(9)18)7-12(19)13-10(16)5-2-6-11(13)17/h1-6H,7H2. The van der Waals surface area contributed by atoms with Crippen LogP contribution >= 0.6 is 11.6 Å².